The van der Waals surface area contributed by atoms with Gasteiger partial charge >= 0.3 is 0 Å². The van der Waals surface area contributed by atoms with Gasteiger partial charge in [-0.2, -0.15) is 0 Å². The Morgan fingerprint density at radius 1 is 1.00 bits per heavy atom. The summed E-state index contributed by atoms with van der Waals surface area (Å²) in [6.07, 6.45) is 2.39. The van der Waals surface area contributed by atoms with Gasteiger partial charge in [0, 0.05) is 17.4 Å². The summed E-state index contributed by atoms with van der Waals surface area (Å²) in [6.45, 7) is 0. The summed E-state index contributed by atoms with van der Waals surface area (Å²) >= 11 is 5.80. The third-order valence-electron chi connectivity index (χ3n) is 4.00. The first-order valence-corrected chi connectivity index (χ1v) is 5.75. The molecule has 4 heteroatoms. The van der Waals surface area contributed by atoms with E-state index in [1.54, 1.807) is 0 Å². The van der Waals surface area contributed by atoms with Crippen molar-refractivity contribution in [1.29, 1.82) is 0 Å². The van der Waals surface area contributed by atoms with Gasteiger partial charge in [0.15, 0.2) is 11.6 Å². The SMILES string of the molecule is Fc1cc(F)c(C23CC(CCl)(C2)C3)cc1F. The molecule has 0 amide bonds. The van der Waals surface area contributed by atoms with E-state index in [0.29, 0.717) is 17.5 Å². The molecule has 2 bridgehead atoms. The van der Waals surface area contributed by atoms with Crippen LogP contribution in [0.4, 0.5) is 13.2 Å². The highest BCUT2D eigenvalue weighted by Gasteiger charge is 2.68. The Balaban J connectivity index is 1.95. The molecule has 0 spiro atoms. The minimum atomic E-state index is -1.13. The van der Waals surface area contributed by atoms with Crippen molar-refractivity contribution in [1.82, 2.24) is 0 Å². The van der Waals surface area contributed by atoms with Gasteiger partial charge in [-0.1, -0.05) is 0 Å². The number of hydrogen-bond acceptors (Lipinski definition) is 0. The fourth-order valence-electron chi connectivity index (χ4n) is 3.35. The van der Waals surface area contributed by atoms with Crippen molar-refractivity contribution >= 4 is 11.6 Å². The van der Waals surface area contributed by atoms with E-state index in [9.17, 15) is 13.2 Å². The maximum Gasteiger partial charge on any atom is 0.161 e. The van der Waals surface area contributed by atoms with E-state index < -0.39 is 17.5 Å². The van der Waals surface area contributed by atoms with Crippen LogP contribution in [0.2, 0.25) is 0 Å². The highest BCUT2D eigenvalue weighted by atomic mass is 35.5. The standard InChI is InChI=1S/C12H10ClF3/c13-6-11-3-12(4-11,5-11)7-1-9(15)10(16)2-8(7)14/h1-2H,3-6H2. The lowest BCUT2D eigenvalue weighted by Crippen LogP contribution is -2.65. The van der Waals surface area contributed by atoms with Crippen molar-refractivity contribution in [3.05, 3.63) is 35.1 Å². The van der Waals surface area contributed by atoms with Gasteiger partial charge in [0.1, 0.15) is 5.82 Å². The number of alkyl halides is 1. The zero-order valence-corrected chi connectivity index (χ0v) is 9.25. The predicted octanol–water partition coefficient (Wildman–Crippen LogP) is 3.76. The molecule has 1 aromatic rings. The average molecular weight is 247 g/mol. The molecule has 0 saturated heterocycles. The third kappa shape index (κ3) is 1.12. The van der Waals surface area contributed by atoms with Gasteiger partial charge in [-0.3, -0.25) is 0 Å². The predicted molar refractivity (Wildman–Crippen MR) is 55.0 cm³/mol. The number of benzene rings is 1. The smallest absolute Gasteiger partial charge is 0.161 e. The van der Waals surface area contributed by atoms with E-state index in [4.69, 9.17) is 11.6 Å². The van der Waals surface area contributed by atoms with Crippen molar-refractivity contribution in [3.63, 3.8) is 0 Å². The van der Waals surface area contributed by atoms with Gasteiger partial charge in [0.05, 0.1) is 0 Å². The Morgan fingerprint density at radius 2 is 1.56 bits per heavy atom. The second-order valence-electron chi connectivity index (χ2n) is 5.19. The lowest BCUT2D eigenvalue weighted by Gasteiger charge is -2.70. The second kappa shape index (κ2) is 2.95. The molecule has 0 nitrogen and oxygen atoms in total. The fourth-order valence-corrected chi connectivity index (χ4v) is 3.64. The summed E-state index contributed by atoms with van der Waals surface area (Å²) in [7, 11) is 0. The lowest BCUT2D eigenvalue weighted by molar-refractivity contribution is -0.124. The van der Waals surface area contributed by atoms with E-state index in [2.05, 4.69) is 0 Å². The summed E-state index contributed by atoms with van der Waals surface area (Å²) in [5.41, 5.74) is 0.185. The molecule has 0 N–H and O–H groups in total. The van der Waals surface area contributed by atoms with Gasteiger partial charge in [-0.05, 0) is 36.3 Å². The van der Waals surface area contributed by atoms with Crippen molar-refractivity contribution < 1.29 is 13.2 Å². The molecule has 3 aliphatic carbocycles. The quantitative estimate of drug-likeness (QED) is 0.551. The normalized spacial score (nSPS) is 35.5. The van der Waals surface area contributed by atoms with E-state index in [0.717, 1.165) is 25.3 Å². The first-order valence-electron chi connectivity index (χ1n) is 5.21. The molecule has 86 valence electrons. The van der Waals surface area contributed by atoms with Crippen LogP contribution in [0.3, 0.4) is 0 Å². The van der Waals surface area contributed by atoms with Crippen molar-refractivity contribution in [2.75, 3.05) is 5.88 Å². The Morgan fingerprint density at radius 3 is 2.12 bits per heavy atom. The molecule has 1 aromatic carbocycles. The molecule has 3 saturated carbocycles. The van der Waals surface area contributed by atoms with E-state index >= 15 is 0 Å². The maximum absolute atomic E-state index is 13.6. The molecule has 0 radical (unpaired) electrons. The molecule has 16 heavy (non-hydrogen) atoms. The van der Waals surface area contributed by atoms with Crippen LogP contribution in [0.15, 0.2) is 12.1 Å². The van der Waals surface area contributed by atoms with Crippen molar-refractivity contribution in [2.45, 2.75) is 24.7 Å². The molecule has 0 heterocycles. The second-order valence-corrected chi connectivity index (χ2v) is 5.46. The monoisotopic (exact) mass is 246 g/mol. The van der Waals surface area contributed by atoms with Crippen LogP contribution in [0.1, 0.15) is 24.8 Å². The van der Waals surface area contributed by atoms with Crippen LogP contribution in [-0.4, -0.2) is 5.88 Å². The molecule has 3 fully saturated rings. The van der Waals surface area contributed by atoms with Gasteiger partial charge in [0.2, 0.25) is 0 Å². The summed E-state index contributed by atoms with van der Waals surface area (Å²) in [6, 6.07) is 1.64. The topological polar surface area (TPSA) is 0 Å². The van der Waals surface area contributed by atoms with Crippen molar-refractivity contribution in [2.24, 2.45) is 5.41 Å². The van der Waals surface area contributed by atoms with Crippen LogP contribution < -0.4 is 0 Å². The fraction of sp³-hybridized carbons (Fsp3) is 0.500. The third-order valence-corrected chi connectivity index (χ3v) is 4.57. The van der Waals surface area contributed by atoms with Gasteiger partial charge in [-0.15, -0.1) is 11.6 Å². The lowest BCUT2D eigenvalue weighted by atomic mass is 9.34. The summed E-state index contributed by atoms with van der Waals surface area (Å²) in [5.74, 6) is -2.16. The first kappa shape index (κ1) is 10.5. The van der Waals surface area contributed by atoms with E-state index in [1.807, 2.05) is 0 Å². The summed E-state index contributed by atoms with van der Waals surface area (Å²) < 4.78 is 39.4. The zero-order valence-electron chi connectivity index (χ0n) is 8.49. The minimum absolute atomic E-state index is 0.138. The van der Waals surface area contributed by atoms with Crippen LogP contribution in [-0.2, 0) is 5.41 Å². The van der Waals surface area contributed by atoms with Crippen LogP contribution in [0.25, 0.3) is 0 Å². The molecular formula is C12H10ClF3. The Hall–Kier alpha value is -0.700. The molecular weight excluding hydrogens is 237 g/mol. The highest BCUT2D eigenvalue weighted by Crippen LogP contribution is 2.74. The summed E-state index contributed by atoms with van der Waals surface area (Å²) in [4.78, 5) is 0. The van der Waals surface area contributed by atoms with Crippen LogP contribution in [0.5, 0.6) is 0 Å². The largest absolute Gasteiger partial charge is 0.207 e. The molecule has 3 aliphatic rings. The van der Waals surface area contributed by atoms with E-state index in [-0.39, 0.29) is 10.8 Å². The van der Waals surface area contributed by atoms with Crippen LogP contribution in [0, 0.1) is 22.9 Å². The molecule has 0 atom stereocenters. The average Bonchev–Trinajstić information content (AvgIpc) is 2.10. The Bertz CT molecular complexity index is 450. The number of rotatable bonds is 2. The van der Waals surface area contributed by atoms with Crippen LogP contribution >= 0.6 is 11.6 Å². The minimum Gasteiger partial charge on any atom is -0.207 e. The Labute approximate surface area is 96.4 Å². The molecule has 0 unspecified atom stereocenters. The first-order chi connectivity index (χ1) is 7.50. The number of halogens is 4. The molecule has 0 aliphatic heterocycles. The summed E-state index contributed by atoms with van der Waals surface area (Å²) in [5, 5.41) is 0. The zero-order chi connectivity index (χ0) is 11.6. The molecule has 0 aromatic heterocycles. The molecule has 4 rings (SSSR count). The van der Waals surface area contributed by atoms with Gasteiger partial charge in [0.25, 0.3) is 0 Å². The van der Waals surface area contributed by atoms with E-state index in [1.165, 1.54) is 0 Å². The van der Waals surface area contributed by atoms with Gasteiger partial charge < -0.3 is 0 Å². The highest BCUT2D eigenvalue weighted by molar-refractivity contribution is 6.18. The maximum atomic E-state index is 13.6. The van der Waals surface area contributed by atoms with Gasteiger partial charge in [-0.25, -0.2) is 13.2 Å². The van der Waals surface area contributed by atoms with Crippen molar-refractivity contribution in [3.8, 4) is 0 Å². The Kier molecular flexibility index (Phi) is 1.93. The number of hydrogen-bond donors (Lipinski definition) is 0.